The summed E-state index contributed by atoms with van der Waals surface area (Å²) < 4.78 is 30.7. The van der Waals surface area contributed by atoms with Gasteiger partial charge in [0, 0.05) is 35.1 Å². The highest BCUT2D eigenvalue weighted by Crippen LogP contribution is 2.41. The Morgan fingerprint density at radius 3 is 2.63 bits per heavy atom. The second-order valence-electron chi connectivity index (χ2n) is 7.01. The maximum Gasteiger partial charge on any atom is 0.149 e. The Hall–Kier alpha value is -3.08. The molecule has 1 aromatic carbocycles. The van der Waals surface area contributed by atoms with E-state index in [0.29, 0.717) is 34.9 Å². The average molecular weight is 361 g/mol. The number of pyridine rings is 2. The van der Waals surface area contributed by atoms with Crippen LogP contribution in [0.25, 0.3) is 22.3 Å². The third kappa shape index (κ3) is 2.89. The molecule has 3 nitrogen and oxygen atoms in total. The number of benzene rings is 1. The first-order valence-corrected chi connectivity index (χ1v) is 9.04. The van der Waals surface area contributed by atoms with E-state index in [2.05, 4.69) is 9.97 Å². The van der Waals surface area contributed by atoms with Gasteiger partial charge < -0.3 is 4.57 Å². The lowest BCUT2D eigenvalue weighted by atomic mass is 10.1. The van der Waals surface area contributed by atoms with Crippen molar-refractivity contribution in [1.82, 2.24) is 14.5 Å². The van der Waals surface area contributed by atoms with Crippen LogP contribution in [0.15, 0.2) is 61.1 Å². The van der Waals surface area contributed by atoms with Crippen LogP contribution in [0.3, 0.4) is 0 Å². The Labute approximate surface area is 155 Å². The van der Waals surface area contributed by atoms with Crippen molar-refractivity contribution in [2.24, 2.45) is 0 Å². The number of rotatable bonds is 4. The third-order valence-electron chi connectivity index (χ3n) is 5.10. The van der Waals surface area contributed by atoms with Gasteiger partial charge in [-0.05, 0) is 48.6 Å². The van der Waals surface area contributed by atoms with Crippen molar-refractivity contribution in [3.63, 3.8) is 0 Å². The molecular formula is C22H17F2N3. The molecule has 3 heterocycles. The highest BCUT2D eigenvalue weighted by Gasteiger charge is 2.25. The van der Waals surface area contributed by atoms with Crippen LogP contribution in [0, 0.1) is 11.6 Å². The van der Waals surface area contributed by atoms with Crippen molar-refractivity contribution in [2.45, 2.75) is 25.3 Å². The quantitative estimate of drug-likeness (QED) is 0.494. The zero-order valence-corrected chi connectivity index (χ0v) is 14.6. The minimum Gasteiger partial charge on any atom is -0.327 e. The largest absolute Gasteiger partial charge is 0.327 e. The first kappa shape index (κ1) is 16.1. The fourth-order valence-electron chi connectivity index (χ4n) is 3.53. The van der Waals surface area contributed by atoms with Gasteiger partial charge >= 0.3 is 0 Å². The van der Waals surface area contributed by atoms with Gasteiger partial charge in [0.15, 0.2) is 0 Å². The van der Waals surface area contributed by atoms with Crippen molar-refractivity contribution < 1.29 is 8.78 Å². The van der Waals surface area contributed by atoms with Crippen LogP contribution < -0.4 is 0 Å². The van der Waals surface area contributed by atoms with Gasteiger partial charge in [0.2, 0.25) is 0 Å². The van der Waals surface area contributed by atoms with Crippen molar-refractivity contribution in [3.8, 4) is 11.3 Å². The lowest BCUT2D eigenvalue weighted by Crippen LogP contribution is -2.01. The van der Waals surface area contributed by atoms with Crippen molar-refractivity contribution in [2.75, 3.05) is 0 Å². The molecule has 0 radical (unpaired) electrons. The molecule has 0 spiro atoms. The summed E-state index contributed by atoms with van der Waals surface area (Å²) in [7, 11) is 0. The molecule has 3 aromatic heterocycles. The van der Waals surface area contributed by atoms with E-state index in [-0.39, 0.29) is 11.6 Å². The first-order valence-electron chi connectivity index (χ1n) is 9.04. The first-order chi connectivity index (χ1) is 13.2. The summed E-state index contributed by atoms with van der Waals surface area (Å²) in [5, 5.41) is 0.805. The molecule has 0 bridgehead atoms. The predicted molar refractivity (Wildman–Crippen MR) is 100 cm³/mol. The van der Waals surface area contributed by atoms with Crippen LogP contribution >= 0.6 is 0 Å². The summed E-state index contributed by atoms with van der Waals surface area (Å²) in [5.41, 5.74) is 3.19. The lowest BCUT2D eigenvalue weighted by Gasteiger charge is -2.05. The summed E-state index contributed by atoms with van der Waals surface area (Å²) in [6.07, 6.45) is 7.47. The number of fused-ring (bicyclic) bond motifs is 1. The summed E-state index contributed by atoms with van der Waals surface area (Å²) in [4.78, 5) is 8.84. The van der Waals surface area contributed by atoms with Gasteiger partial charge in [0.05, 0.1) is 6.54 Å². The molecule has 1 fully saturated rings. The molecule has 1 aliphatic rings. The smallest absolute Gasteiger partial charge is 0.149 e. The maximum atomic E-state index is 14.8. The second-order valence-corrected chi connectivity index (χ2v) is 7.01. The maximum absolute atomic E-state index is 14.8. The number of hydrogen-bond donors (Lipinski definition) is 0. The highest BCUT2D eigenvalue weighted by molar-refractivity contribution is 5.93. The summed E-state index contributed by atoms with van der Waals surface area (Å²) >= 11 is 0. The molecule has 4 aromatic rings. The standard InChI is InChI=1S/C22H17F2N3/c23-19-6-2-1-4-15(19)12-27-13-18(17-5-3-9-25-22(17)27)21-20(24)10-16(11-26-21)14-7-8-14/h1-6,9-11,13-14H,7-8,12H2. The Morgan fingerprint density at radius 1 is 1.00 bits per heavy atom. The Morgan fingerprint density at radius 2 is 1.85 bits per heavy atom. The van der Waals surface area contributed by atoms with Crippen molar-refractivity contribution in [3.05, 3.63) is 83.8 Å². The molecule has 0 atom stereocenters. The molecule has 134 valence electrons. The number of hydrogen-bond acceptors (Lipinski definition) is 2. The van der Waals surface area contributed by atoms with E-state index >= 15 is 0 Å². The van der Waals surface area contributed by atoms with E-state index in [4.69, 9.17) is 0 Å². The SMILES string of the molecule is Fc1ccccc1Cn1cc(-c2ncc(C3CC3)cc2F)c2cccnc21. The van der Waals surface area contributed by atoms with Crippen LogP contribution in [0.5, 0.6) is 0 Å². The summed E-state index contributed by atoms with van der Waals surface area (Å²) in [6.45, 7) is 0.321. The van der Waals surface area contributed by atoms with E-state index in [1.54, 1.807) is 36.7 Å². The Bertz CT molecular complexity index is 1150. The van der Waals surface area contributed by atoms with Gasteiger partial charge in [0.25, 0.3) is 0 Å². The van der Waals surface area contributed by atoms with E-state index in [0.717, 1.165) is 23.8 Å². The highest BCUT2D eigenvalue weighted by atomic mass is 19.1. The molecule has 27 heavy (non-hydrogen) atoms. The fourth-order valence-corrected chi connectivity index (χ4v) is 3.53. The molecule has 0 amide bonds. The van der Waals surface area contributed by atoms with Gasteiger partial charge in [0.1, 0.15) is 23.0 Å². The molecular weight excluding hydrogens is 344 g/mol. The van der Waals surface area contributed by atoms with E-state index in [1.165, 1.54) is 6.07 Å². The van der Waals surface area contributed by atoms with Crippen molar-refractivity contribution >= 4 is 11.0 Å². The van der Waals surface area contributed by atoms with Gasteiger partial charge in [-0.1, -0.05) is 18.2 Å². The van der Waals surface area contributed by atoms with Gasteiger partial charge in [-0.25, -0.2) is 13.8 Å². The van der Waals surface area contributed by atoms with E-state index in [1.807, 2.05) is 22.9 Å². The number of halogens is 2. The Kier molecular flexibility index (Phi) is 3.74. The minimum absolute atomic E-state index is 0.269. The van der Waals surface area contributed by atoms with Crippen LogP contribution in [-0.2, 0) is 6.54 Å². The van der Waals surface area contributed by atoms with Crippen LogP contribution in [0.1, 0.15) is 29.9 Å². The topological polar surface area (TPSA) is 30.7 Å². The summed E-state index contributed by atoms with van der Waals surface area (Å²) in [6, 6.07) is 11.9. The number of nitrogens with zero attached hydrogens (tertiary/aromatic N) is 3. The molecule has 0 unspecified atom stereocenters. The molecule has 1 saturated carbocycles. The van der Waals surface area contributed by atoms with Crippen molar-refractivity contribution in [1.29, 1.82) is 0 Å². The normalized spacial score (nSPS) is 14.0. The molecule has 0 aliphatic heterocycles. The zero-order valence-electron chi connectivity index (χ0n) is 14.6. The second kappa shape index (κ2) is 6.27. The predicted octanol–water partition coefficient (Wildman–Crippen LogP) is 5.30. The van der Waals surface area contributed by atoms with Gasteiger partial charge in [-0.3, -0.25) is 4.98 Å². The average Bonchev–Trinajstić information content (AvgIpc) is 3.47. The monoisotopic (exact) mass is 361 g/mol. The molecule has 5 heteroatoms. The summed E-state index contributed by atoms with van der Waals surface area (Å²) in [5.74, 6) is -0.145. The van der Waals surface area contributed by atoms with Gasteiger partial charge in [-0.15, -0.1) is 0 Å². The minimum atomic E-state index is -0.326. The number of aromatic nitrogens is 3. The molecule has 1 aliphatic carbocycles. The van der Waals surface area contributed by atoms with Crippen LogP contribution in [-0.4, -0.2) is 14.5 Å². The molecule has 5 rings (SSSR count). The van der Waals surface area contributed by atoms with Gasteiger partial charge in [-0.2, -0.15) is 0 Å². The third-order valence-corrected chi connectivity index (χ3v) is 5.10. The van der Waals surface area contributed by atoms with E-state index in [9.17, 15) is 8.78 Å². The van der Waals surface area contributed by atoms with Crippen LogP contribution in [0.4, 0.5) is 8.78 Å². The van der Waals surface area contributed by atoms with Crippen LogP contribution in [0.2, 0.25) is 0 Å². The van der Waals surface area contributed by atoms with E-state index < -0.39 is 0 Å². The molecule has 0 saturated heterocycles. The lowest BCUT2D eigenvalue weighted by molar-refractivity contribution is 0.601. The fraction of sp³-hybridized carbons (Fsp3) is 0.182. The molecule has 0 N–H and O–H groups in total. The zero-order chi connectivity index (χ0) is 18.4. The Balaban J connectivity index is 1.62.